The molecule has 0 saturated heterocycles. The van der Waals surface area contributed by atoms with E-state index in [9.17, 15) is 0 Å². The molecule has 0 amide bonds. The number of rotatable bonds is 3. The van der Waals surface area contributed by atoms with E-state index in [0.29, 0.717) is 11.8 Å². The van der Waals surface area contributed by atoms with Gasteiger partial charge in [-0.3, -0.25) is 0 Å². The Hall–Kier alpha value is -0.820. The number of nitrogens with two attached hydrogens (primary N) is 1. The van der Waals surface area contributed by atoms with Gasteiger partial charge in [-0.2, -0.15) is 0 Å². The smallest absolute Gasteiger partial charge is 0.00109 e. The van der Waals surface area contributed by atoms with Crippen LogP contribution in [0, 0.1) is 0 Å². The summed E-state index contributed by atoms with van der Waals surface area (Å²) < 4.78 is 0. The van der Waals surface area contributed by atoms with Crippen LogP contribution in [0.25, 0.3) is 0 Å². The minimum Gasteiger partial charge on any atom is -0.330 e. The molecule has 0 fully saturated rings. The SMILES string of the molecule is CC(C)c1cccc([C@H](C)CN)c1. The molecule has 0 aliphatic heterocycles. The van der Waals surface area contributed by atoms with Crippen molar-refractivity contribution < 1.29 is 0 Å². The maximum atomic E-state index is 5.63. The second kappa shape index (κ2) is 4.43. The summed E-state index contributed by atoms with van der Waals surface area (Å²) in [5.74, 6) is 1.07. The van der Waals surface area contributed by atoms with Crippen LogP contribution in [0.4, 0.5) is 0 Å². The molecule has 1 nitrogen and oxygen atoms in total. The fraction of sp³-hybridized carbons (Fsp3) is 0.500. The van der Waals surface area contributed by atoms with Gasteiger partial charge in [0.2, 0.25) is 0 Å². The summed E-state index contributed by atoms with van der Waals surface area (Å²) in [6, 6.07) is 8.72. The molecule has 0 bridgehead atoms. The molecule has 0 radical (unpaired) electrons. The highest BCUT2D eigenvalue weighted by atomic mass is 14.5. The van der Waals surface area contributed by atoms with Crippen molar-refractivity contribution in [2.45, 2.75) is 32.6 Å². The van der Waals surface area contributed by atoms with Gasteiger partial charge in [-0.25, -0.2) is 0 Å². The van der Waals surface area contributed by atoms with Crippen molar-refractivity contribution in [2.75, 3.05) is 6.54 Å². The molecule has 0 aromatic heterocycles. The molecule has 2 N–H and O–H groups in total. The molecule has 0 saturated carbocycles. The van der Waals surface area contributed by atoms with Crippen molar-refractivity contribution in [2.24, 2.45) is 5.73 Å². The summed E-state index contributed by atoms with van der Waals surface area (Å²) in [5, 5.41) is 0. The summed E-state index contributed by atoms with van der Waals surface area (Å²) in [6.07, 6.45) is 0. The lowest BCUT2D eigenvalue weighted by Crippen LogP contribution is -2.09. The van der Waals surface area contributed by atoms with Crippen molar-refractivity contribution >= 4 is 0 Å². The van der Waals surface area contributed by atoms with Crippen molar-refractivity contribution in [1.29, 1.82) is 0 Å². The third-order valence-corrected chi connectivity index (χ3v) is 2.50. The quantitative estimate of drug-likeness (QED) is 0.755. The van der Waals surface area contributed by atoms with Crippen LogP contribution in [0.5, 0.6) is 0 Å². The lowest BCUT2D eigenvalue weighted by molar-refractivity contribution is 0.767. The van der Waals surface area contributed by atoms with Gasteiger partial charge >= 0.3 is 0 Å². The molecular weight excluding hydrogens is 158 g/mol. The Balaban J connectivity index is 2.91. The maximum Gasteiger partial charge on any atom is -0.00109 e. The molecule has 1 atom stereocenters. The van der Waals surface area contributed by atoms with E-state index in [1.54, 1.807) is 0 Å². The average molecular weight is 177 g/mol. The molecule has 1 aromatic rings. The van der Waals surface area contributed by atoms with Crippen LogP contribution >= 0.6 is 0 Å². The van der Waals surface area contributed by atoms with Gasteiger partial charge in [-0.15, -0.1) is 0 Å². The van der Waals surface area contributed by atoms with Crippen LogP contribution < -0.4 is 5.73 Å². The second-order valence-corrected chi connectivity index (χ2v) is 3.96. The Labute approximate surface area is 81.0 Å². The average Bonchev–Trinajstić information content (AvgIpc) is 2.17. The molecule has 0 unspecified atom stereocenters. The first-order chi connectivity index (χ1) is 6.15. The third kappa shape index (κ3) is 2.56. The van der Waals surface area contributed by atoms with Gasteiger partial charge in [0, 0.05) is 0 Å². The minimum absolute atomic E-state index is 0.471. The van der Waals surface area contributed by atoms with Gasteiger partial charge in [-0.1, -0.05) is 45.0 Å². The zero-order valence-corrected chi connectivity index (χ0v) is 8.75. The standard InChI is InChI=1S/C12H19N/c1-9(2)11-5-4-6-12(7-11)10(3)8-13/h4-7,9-10H,8,13H2,1-3H3/t10-/m1/s1. The number of hydrogen-bond donors (Lipinski definition) is 1. The molecule has 0 heterocycles. The summed E-state index contributed by atoms with van der Waals surface area (Å²) in [4.78, 5) is 0. The van der Waals surface area contributed by atoms with Crippen molar-refractivity contribution in [3.05, 3.63) is 35.4 Å². The monoisotopic (exact) mass is 177 g/mol. The molecule has 1 aromatic carbocycles. The highest BCUT2D eigenvalue weighted by Crippen LogP contribution is 2.20. The van der Waals surface area contributed by atoms with Crippen LogP contribution in [0.1, 0.15) is 43.7 Å². The molecule has 0 aliphatic rings. The highest BCUT2D eigenvalue weighted by Gasteiger charge is 2.05. The Morgan fingerprint density at radius 3 is 2.31 bits per heavy atom. The highest BCUT2D eigenvalue weighted by molar-refractivity contribution is 5.28. The normalized spacial score (nSPS) is 13.3. The van der Waals surface area contributed by atoms with Crippen LogP contribution in [-0.4, -0.2) is 6.54 Å². The predicted molar refractivity (Wildman–Crippen MR) is 58.0 cm³/mol. The molecule has 0 aliphatic carbocycles. The summed E-state index contributed by atoms with van der Waals surface area (Å²) in [6.45, 7) is 7.32. The van der Waals surface area contributed by atoms with E-state index in [1.165, 1.54) is 11.1 Å². The number of benzene rings is 1. The molecule has 13 heavy (non-hydrogen) atoms. The van der Waals surface area contributed by atoms with E-state index in [1.807, 2.05) is 0 Å². The van der Waals surface area contributed by atoms with Gasteiger partial charge in [0.25, 0.3) is 0 Å². The van der Waals surface area contributed by atoms with Crippen LogP contribution in [0.15, 0.2) is 24.3 Å². The van der Waals surface area contributed by atoms with E-state index >= 15 is 0 Å². The van der Waals surface area contributed by atoms with Gasteiger partial charge in [0.1, 0.15) is 0 Å². The van der Waals surface area contributed by atoms with E-state index in [0.717, 1.165) is 6.54 Å². The summed E-state index contributed by atoms with van der Waals surface area (Å²) in [7, 11) is 0. The first kappa shape index (κ1) is 10.3. The fourth-order valence-electron chi connectivity index (χ4n) is 1.36. The molecule has 1 rings (SSSR count). The minimum atomic E-state index is 0.471. The summed E-state index contributed by atoms with van der Waals surface area (Å²) >= 11 is 0. The van der Waals surface area contributed by atoms with Gasteiger partial charge < -0.3 is 5.73 Å². The van der Waals surface area contributed by atoms with Crippen molar-refractivity contribution in [3.63, 3.8) is 0 Å². The molecule has 72 valence electrons. The zero-order valence-electron chi connectivity index (χ0n) is 8.75. The van der Waals surface area contributed by atoms with Gasteiger partial charge in [-0.05, 0) is 29.5 Å². The van der Waals surface area contributed by atoms with Gasteiger partial charge in [0.15, 0.2) is 0 Å². The Morgan fingerprint density at radius 2 is 1.77 bits per heavy atom. The van der Waals surface area contributed by atoms with Crippen molar-refractivity contribution in [3.8, 4) is 0 Å². The molecule has 0 spiro atoms. The lowest BCUT2D eigenvalue weighted by Gasteiger charge is -2.12. The van der Waals surface area contributed by atoms with Crippen LogP contribution in [0.2, 0.25) is 0 Å². The second-order valence-electron chi connectivity index (χ2n) is 3.96. The van der Waals surface area contributed by atoms with E-state index in [4.69, 9.17) is 5.73 Å². The van der Waals surface area contributed by atoms with Crippen LogP contribution in [0.3, 0.4) is 0 Å². The van der Waals surface area contributed by atoms with Crippen LogP contribution in [-0.2, 0) is 0 Å². The molecular formula is C12H19N. The van der Waals surface area contributed by atoms with Crippen molar-refractivity contribution in [1.82, 2.24) is 0 Å². The van der Waals surface area contributed by atoms with E-state index < -0.39 is 0 Å². The zero-order chi connectivity index (χ0) is 9.84. The predicted octanol–water partition coefficient (Wildman–Crippen LogP) is 2.87. The Morgan fingerprint density at radius 1 is 1.15 bits per heavy atom. The lowest BCUT2D eigenvalue weighted by atomic mass is 9.95. The molecule has 1 heteroatoms. The summed E-state index contributed by atoms with van der Waals surface area (Å²) in [5.41, 5.74) is 8.39. The van der Waals surface area contributed by atoms with E-state index in [2.05, 4.69) is 45.0 Å². The first-order valence-electron chi connectivity index (χ1n) is 4.95. The third-order valence-electron chi connectivity index (χ3n) is 2.50. The number of hydrogen-bond acceptors (Lipinski definition) is 1. The Bertz CT molecular complexity index is 266. The maximum absolute atomic E-state index is 5.63. The van der Waals surface area contributed by atoms with Gasteiger partial charge in [0.05, 0.1) is 0 Å². The topological polar surface area (TPSA) is 26.0 Å². The fourth-order valence-corrected chi connectivity index (χ4v) is 1.36. The first-order valence-corrected chi connectivity index (χ1v) is 4.95. The Kier molecular flexibility index (Phi) is 3.49. The van der Waals surface area contributed by atoms with E-state index in [-0.39, 0.29) is 0 Å². The largest absolute Gasteiger partial charge is 0.330 e.